The van der Waals surface area contributed by atoms with Gasteiger partial charge in [-0.2, -0.15) is 0 Å². The third-order valence-electron chi connectivity index (χ3n) is 4.33. The van der Waals surface area contributed by atoms with Crippen molar-refractivity contribution in [3.8, 4) is 0 Å². The molecule has 1 aliphatic rings. The number of rotatable bonds is 5. The first-order chi connectivity index (χ1) is 9.15. The fourth-order valence-electron chi connectivity index (χ4n) is 2.84. The van der Waals surface area contributed by atoms with E-state index >= 15 is 0 Å². The van der Waals surface area contributed by atoms with Gasteiger partial charge in [-0.25, -0.2) is 0 Å². The molecule has 1 aromatic carbocycles. The molecule has 1 aliphatic carbocycles. The van der Waals surface area contributed by atoms with Crippen molar-refractivity contribution in [1.29, 1.82) is 0 Å². The molecule has 0 aliphatic heterocycles. The van der Waals surface area contributed by atoms with Gasteiger partial charge < -0.3 is 10.5 Å². The standard InChI is InChI=1S/C17H27NO/c1-14(2)16-8-6-15(7-9-16)12-19-17(13-18)10-4-3-5-11-17/h6-9,14H,3-5,10-13,18H2,1-2H3. The average molecular weight is 261 g/mol. The molecule has 0 spiro atoms. The lowest BCUT2D eigenvalue weighted by molar-refractivity contribution is -0.0733. The molecule has 0 amide bonds. The largest absolute Gasteiger partial charge is 0.369 e. The fraction of sp³-hybridized carbons (Fsp3) is 0.647. The zero-order chi connectivity index (χ0) is 13.7. The summed E-state index contributed by atoms with van der Waals surface area (Å²) in [5.41, 5.74) is 8.52. The molecule has 0 aromatic heterocycles. The number of hydrogen-bond donors (Lipinski definition) is 1. The van der Waals surface area contributed by atoms with Crippen LogP contribution in [0.3, 0.4) is 0 Å². The molecule has 1 fully saturated rings. The summed E-state index contributed by atoms with van der Waals surface area (Å²) < 4.78 is 6.18. The Morgan fingerprint density at radius 2 is 1.74 bits per heavy atom. The second-order valence-electron chi connectivity index (χ2n) is 6.13. The second-order valence-corrected chi connectivity index (χ2v) is 6.13. The Kier molecular flexibility index (Phi) is 5.00. The van der Waals surface area contributed by atoms with Crippen LogP contribution in [0.1, 0.15) is 63.0 Å². The lowest BCUT2D eigenvalue weighted by atomic mass is 9.84. The minimum absolute atomic E-state index is 0.0605. The van der Waals surface area contributed by atoms with E-state index in [9.17, 15) is 0 Å². The van der Waals surface area contributed by atoms with E-state index in [4.69, 9.17) is 10.5 Å². The summed E-state index contributed by atoms with van der Waals surface area (Å²) in [5, 5.41) is 0. The van der Waals surface area contributed by atoms with Gasteiger partial charge in [-0.05, 0) is 29.9 Å². The molecule has 2 rings (SSSR count). The lowest BCUT2D eigenvalue weighted by Gasteiger charge is -2.36. The van der Waals surface area contributed by atoms with E-state index in [1.54, 1.807) is 0 Å². The van der Waals surface area contributed by atoms with Crippen molar-refractivity contribution in [3.63, 3.8) is 0 Å². The smallest absolute Gasteiger partial charge is 0.0808 e. The van der Waals surface area contributed by atoms with E-state index in [0.717, 1.165) is 12.8 Å². The lowest BCUT2D eigenvalue weighted by Crippen LogP contribution is -2.42. The Labute approximate surface area is 117 Å². The van der Waals surface area contributed by atoms with Gasteiger partial charge in [0.05, 0.1) is 12.2 Å². The van der Waals surface area contributed by atoms with Gasteiger partial charge in [0.25, 0.3) is 0 Å². The van der Waals surface area contributed by atoms with Crippen LogP contribution in [-0.2, 0) is 11.3 Å². The van der Waals surface area contributed by atoms with Crippen LogP contribution in [0.2, 0.25) is 0 Å². The van der Waals surface area contributed by atoms with Crippen molar-refractivity contribution in [2.45, 2.75) is 64.1 Å². The summed E-state index contributed by atoms with van der Waals surface area (Å²) in [6.07, 6.45) is 6.07. The average Bonchev–Trinajstić information content (AvgIpc) is 2.46. The summed E-state index contributed by atoms with van der Waals surface area (Å²) in [5.74, 6) is 0.587. The van der Waals surface area contributed by atoms with Crippen LogP contribution >= 0.6 is 0 Å². The van der Waals surface area contributed by atoms with E-state index in [-0.39, 0.29) is 5.60 Å². The van der Waals surface area contributed by atoms with E-state index in [0.29, 0.717) is 19.1 Å². The van der Waals surface area contributed by atoms with E-state index in [2.05, 4.69) is 38.1 Å². The third kappa shape index (κ3) is 3.80. The Morgan fingerprint density at radius 3 is 2.26 bits per heavy atom. The molecular weight excluding hydrogens is 234 g/mol. The van der Waals surface area contributed by atoms with Crippen molar-refractivity contribution >= 4 is 0 Å². The SMILES string of the molecule is CC(C)c1ccc(COC2(CN)CCCCC2)cc1. The number of nitrogens with two attached hydrogens (primary N) is 1. The van der Waals surface area contributed by atoms with Crippen LogP contribution in [0.25, 0.3) is 0 Å². The molecule has 0 unspecified atom stereocenters. The van der Waals surface area contributed by atoms with Gasteiger partial charge in [-0.3, -0.25) is 0 Å². The number of hydrogen-bond acceptors (Lipinski definition) is 2. The molecule has 0 radical (unpaired) electrons. The molecule has 2 heteroatoms. The molecule has 1 aromatic rings. The molecule has 106 valence electrons. The molecule has 0 saturated heterocycles. The maximum absolute atomic E-state index is 6.18. The first-order valence-corrected chi connectivity index (χ1v) is 7.58. The highest BCUT2D eigenvalue weighted by Gasteiger charge is 2.31. The van der Waals surface area contributed by atoms with Crippen LogP contribution in [0, 0.1) is 0 Å². The predicted octanol–water partition coefficient (Wildman–Crippen LogP) is 3.99. The van der Waals surface area contributed by atoms with Gasteiger partial charge >= 0.3 is 0 Å². The van der Waals surface area contributed by atoms with Gasteiger partial charge in [0, 0.05) is 6.54 Å². The highest BCUT2D eigenvalue weighted by molar-refractivity contribution is 5.24. The number of ether oxygens (including phenoxy) is 1. The highest BCUT2D eigenvalue weighted by Crippen LogP contribution is 2.31. The summed E-state index contributed by atoms with van der Waals surface area (Å²) >= 11 is 0. The topological polar surface area (TPSA) is 35.2 Å². The minimum Gasteiger partial charge on any atom is -0.369 e. The normalized spacial score (nSPS) is 18.7. The first kappa shape index (κ1) is 14.5. The highest BCUT2D eigenvalue weighted by atomic mass is 16.5. The van der Waals surface area contributed by atoms with E-state index in [1.165, 1.54) is 30.4 Å². The molecule has 1 saturated carbocycles. The third-order valence-corrected chi connectivity index (χ3v) is 4.33. The Hall–Kier alpha value is -0.860. The molecule has 0 heterocycles. The summed E-state index contributed by atoms with van der Waals surface area (Å²) in [7, 11) is 0. The summed E-state index contributed by atoms with van der Waals surface area (Å²) in [6, 6.07) is 8.78. The van der Waals surface area contributed by atoms with Crippen LogP contribution < -0.4 is 5.73 Å². The minimum atomic E-state index is -0.0605. The predicted molar refractivity (Wildman–Crippen MR) is 80.2 cm³/mol. The van der Waals surface area contributed by atoms with E-state index < -0.39 is 0 Å². The van der Waals surface area contributed by atoms with Crippen LogP contribution in [0.15, 0.2) is 24.3 Å². The zero-order valence-electron chi connectivity index (χ0n) is 12.3. The van der Waals surface area contributed by atoms with Crippen molar-refractivity contribution in [3.05, 3.63) is 35.4 Å². The molecular formula is C17H27NO. The van der Waals surface area contributed by atoms with Crippen LogP contribution in [0.5, 0.6) is 0 Å². The Bertz CT molecular complexity index is 377. The van der Waals surface area contributed by atoms with Gasteiger partial charge in [0.1, 0.15) is 0 Å². The Balaban J connectivity index is 1.93. The van der Waals surface area contributed by atoms with Gasteiger partial charge in [0.15, 0.2) is 0 Å². The van der Waals surface area contributed by atoms with Crippen LogP contribution in [0.4, 0.5) is 0 Å². The zero-order valence-corrected chi connectivity index (χ0v) is 12.3. The molecule has 19 heavy (non-hydrogen) atoms. The Morgan fingerprint density at radius 1 is 1.11 bits per heavy atom. The molecule has 2 N–H and O–H groups in total. The quantitative estimate of drug-likeness (QED) is 0.870. The molecule has 0 bridgehead atoms. The van der Waals surface area contributed by atoms with Crippen LogP contribution in [-0.4, -0.2) is 12.1 Å². The maximum Gasteiger partial charge on any atom is 0.0808 e. The molecule has 2 nitrogen and oxygen atoms in total. The van der Waals surface area contributed by atoms with Crippen molar-refractivity contribution < 1.29 is 4.74 Å². The maximum atomic E-state index is 6.18. The van der Waals surface area contributed by atoms with Crippen molar-refractivity contribution in [2.24, 2.45) is 5.73 Å². The fourth-order valence-corrected chi connectivity index (χ4v) is 2.84. The van der Waals surface area contributed by atoms with Gasteiger partial charge in [0.2, 0.25) is 0 Å². The summed E-state index contributed by atoms with van der Waals surface area (Å²) in [4.78, 5) is 0. The monoisotopic (exact) mass is 261 g/mol. The van der Waals surface area contributed by atoms with Gasteiger partial charge in [-0.15, -0.1) is 0 Å². The van der Waals surface area contributed by atoms with E-state index in [1.807, 2.05) is 0 Å². The number of benzene rings is 1. The van der Waals surface area contributed by atoms with Gasteiger partial charge in [-0.1, -0.05) is 57.4 Å². The second kappa shape index (κ2) is 6.53. The van der Waals surface area contributed by atoms with Crippen molar-refractivity contribution in [2.75, 3.05) is 6.54 Å². The van der Waals surface area contributed by atoms with Crippen molar-refractivity contribution in [1.82, 2.24) is 0 Å². The summed E-state index contributed by atoms with van der Waals surface area (Å²) in [6.45, 7) is 5.78. The molecule has 0 atom stereocenters. The first-order valence-electron chi connectivity index (χ1n) is 7.58.